The van der Waals surface area contributed by atoms with E-state index in [4.69, 9.17) is 14.2 Å². The number of alkyl halides is 9. The molecule has 4 atom stereocenters. The van der Waals surface area contributed by atoms with Crippen LogP contribution in [0.2, 0.25) is 0 Å². The molecule has 2 aliphatic carbocycles. The Balaban J connectivity index is 0.000000316. The lowest BCUT2D eigenvalue weighted by atomic mass is 9.66. The summed E-state index contributed by atoms with van der Waals surface area (Å²) in [5.41, 5.74) is -6.03. The van der Waals surface area contributed by atoms with Gasteiger partial charge in [-0.05, 0) is 89.0 Å². The fraction of sp³-hybridized carbons (Fsp3) is 0.634. The lowest BCUT2D eigenvalue weighted by molar-refractivity contribution is -0.391. The molecule has 9 nitrogen and oxygen atoms in total. The first-order valence-electron chi connectivity index (χ1n) is 19.1. The number of carbonyl (C=O) groups excluding carboxylic acids is 3. The zero-order valence-electron chi connectivity index (χ0n) is 33.8. The molecule has 1 saturated carbocycles. The minimum Gasteiger partial charge on any atom is -0.463 e. The quantitative estimate of drug-likeness (QED) is 0.0834. The molecular weight excluding hydrogens is 805 g/mol. The van der Waals surface area contributed by atoms with Crippen LogP contribution in [-0.4, -0.2) is 83.8 Å². The number of hydrogen-bond acceptors (Lipinski definition) is 8. The van der Waals surface area contributed by atoms with Crippen LogP contribution < -0.4 is 5.32 Å². The van der Waals surface area contributed by atoms with Crippen LogP contribution in [-0.2, 0) is 23.8 Å². The zero-order valence-corrected chi connectivity index (χ0v) is 33.8. The minimum absolute atomic E-state index is 0.0290. The highest BCUT2D eigenvalue weighted by Gasteiger charge is 2.75. The van der Waals surface area contributed by atoms with Gasteiger partial charge in [0.25, 0.3) is 5.60 Å². The number of amides is 1. The second kappa shape index (κ2) is 18.3. The fourth-order valence-corrected chi connectivity index (χ4v) is 6.76. The molecule has 0 bridgehead atoms. The van der Waals surface area contributed by atoms with Gasteiger partial charge in [0.2, 0.25) is 0 Å². The summed E-state index contributed by atoms with van der Waals surface area (Å²) in [7, 11) is 0. The van der Waals surface area contributed by atoms with Crippen molar-refractivity contribution in [1.82, 2.24) is 5.32 Å². The highest BCUT2D eigenvalue weighted by molar-refractivity contribution is 5.79. The van der Waals surface area contributed by atoms with Crippen LogP contribution in [0, 0.1) is 22.7 Å². The predicted octanol–water partition coefficient (Wildman–Crippen LogP) is 9.42. The van der Waals surface area contributed by atoms with Crippen molar-refractivity contribution < 1.29 is 78.3 Å². The number of carbonyl (C=O) groups is 3. The number of hydrogen-bond donors (Lipinski definition) is 3. The number of alkyl carbamates (subject to hydrolysis) is 1. The molecule has 0 saturated heterocycles. The van der Waals surface area contributed by atoms with Crippen molar-refractivity contribution in [2.75, 3.05) is 19.8 Å². The van der Waals surface area contributed by atoms with Crippen molar-refractivity contribution in [3.05, 3.63) is 59.7 Å². The van der Waals surface area contributed by atoms with Gasteiger partial charge in [0.05, 0.1) is 17.4 Å². The third kappa shape index (κ3) is 11.0. The number of fused-ring (bicyclic) bond motifs is 3. The number of nitrogens with one attached hydrogen (secondary N) is 1. The van der Waals surface area contributed by atoms with E-state index in [9.17, 15) is 64.1 Å². The maximum Gasteiger partial charge on any atom is 0.426 e. The average Bonchev–Trinajstić information content (AvgIpc) is 3.47. The van der Waals surface area contributed by atoms with Crippen molar-refractivity contribution in [3.8, 4) is 11.1 Å². The second-order valence-corrected chi connectivity index (χ2v) is 16.4. The Hall–Kier alpha value is -4.06. The highest BCUT2D eigenvalue weighted by Crippen LogP contribution is 2.55. The van der Waals surface area contributed by atoms with Crippen molar-refractivity contribution >= 4 is 18.0 Å². The van der Waals surface area contributed by atoms with E-state index in [1.54, 1.807) is 6.92 Å². The molecule has 59 heavy (non-hydrogen) atoms. The minimum atomic E-state index is -6.28. The van der Waals surface area contributed by atoms with Gasteiger partial charge in [0, 0.05) is 17.8 Å². The summed E-state index contributed by atoms with van der Waals surface area (Å²) in [4.78, 5) is 36.2. The van der Waals surface area contributed by atoms with Crippen LogP contribution in [0.4, 0.5) is 44.3 Å². The third-order valence-electron chi connectivity index (χ3n) is 11.6. The van der Waals surface area contributed by atoms with Gasteiger partial charge in [-0.2, -0.15) is 39.5 Å². The van der Waals surface area contributed by atoms with E-state index in [1.807, 2.05) is 45.0 Å². The first-order valence-corrected chi connectivity index (χ1v) is 19.1. The number of rotatable bonds is 12. The van der Waals surface area contributed by atoms with Gasteiger partial charge < -0.3 is 29.7 Å². The maximum absolute atomic E-state index is 13.3. The van der Waals surface area contributed by atoms with Crippen LogP contribution in [0.1, 0.15) is 97.6 Å². The molecular formula is C41H52F9NO8. The predicted molar refractivity (Wildman–Crippen MR) is 197 cm³/mol. The van der Waals surface area contributed by atoms with E-state index in [0.29, 0.717) is 6.42 Å². The summed E-state index contributed by atoms with van der Waals surface area (Å²) in [6, 6.07) is 16.4. The molecule has 332 valence electrons. The van der Waals surface area contributed by atoms with Crippen molar-refractivity contribution in [1.29, 1.82) is 0 Å². The maximum atomic E-state index is 13.3. The molecule has 3 N–H and O–H groups in total. The van der Waals surface area contributed by atoms with Crippen molar-refractivity contribution in [2.24, 2.45) is 22.7 Å². The molecule has 18 heteroatoms. The standard InChI is InChI=1S/C23H27NO4.C18H25F9O4/c1-4-23(2,3)21(25)27-14-13-24-22(26)28-15-20-18-11-7-5-9-16(18)17-10-6-8-12-19(17)20;1-5-13(2,3)12(28)31-11-7-9(14(4,29)16(19,20)21)6-10(8-11)15(30,17(22,23)24)18(25,26)27/h5-12,20H,4,13-15H2,1-3H3,(H,24,26);9-11,29-30H,5-8H2,1-4H3. The molecule has 4 rings (SSSR count). The molecule has 0 heterocycles. The van der Waals surface area contributed by atoms with Crippen LogP contribution in [0.25, 0.3) is 11.1 Å². The summed E-state index contributed by atoms with van der Waals surface area (Å²) in [5, 5.41) is 22.3. The molecule has 2 aliphatic rings. The van der Waals surface area contributed by atoms with E-state index < -0.39 is 89.8 Å². The third-order valence-corrected chi connectivity index (χ3v) is 11.6. The number of benzene rings is 2. The fourth-order valence-electron chi connectivity index (χ4n) is 6.76. The van der Waals surface area contributed by atoms with Crippen LogP contribution in [0.5, 0.6) is 0 Å². The normalized spacial score (nSPS) is 19.9. The molecule has 0 spiro atoms. The first-order chi connectivity index (χ1) is 27.0. The van der Waals surface area contributed by atoms with Gasteiger partial charge in [-0.1, -0.05) is 62.4 Å². The summed E-state index contributed by atoms with van der Waals surface area (Å²) in [6.45, 7) is 10.8. The monoisotopic (exact) mass is 857 g/mol. The Morgan fingerprint density at radius 3 is 1.58 bits per heavy atom. The van der Waals surface area contributed by atoms with Crippen LogP contribution in [0.3, 0.4) is 0 Å². The van der Waals surface area contributed by atoms with E-state index in [-0.39, 0.29) is 45.0 Å². The highest BCUT2D eigenvalue weighted by atomic mass is 19.4. The molecule has 4 unspecified atom stereocenters. The Morgan fingerprint density at radius 1 is 0.661 bits per heavy atom. The first kappa shape index (κ1) is 49.3. The van der Waals surface area contributed by atoms with Gasteiger partial charge in [-0.15, -0.1) is 0 Å². The van der Waals surface area contributed by atoms with Crippen LogP contribution in [0.15, 0.2) is 48.5 Å². The van der Waals surface area contributed by atoms with E-state index >= 15 is 0 Å². The van der Waals surface area contributed by atoms with Crippen LogP contribution >= 0.6 is 0 Å². The van der Waals surface area contributed by atoms with Gasteiger partial charge >= 0.3 is 36.6 Å². The van der Waals surface area contributed by atoms with E-state index in [1.165, 1.54) is 36.1 Å². The van der Waals surface area contributed by atoms with Gasteiger partial charge in [0.15, 0.2) is 5.60 Å². The SMILES string of the molecule is CCC(C)(C)C(=O)OC1CC(C(C)(O)C(F)(F)F)CC(C(O)(C(F)(F)F)C(F)(F)F)C1.CCC(C)(C)C(=O)OCCNC(=O)OCC1c2ccccc2-c2ccccc21. The van der Waals surface area contributed by atoms with E-state index in [0.717, 1.165) is 0 Å². The van der Waals surface area contributed by atoms with Crippen molar-refractivity contribution in [3.63, 3.8) is 0 Å². The summed E-state index contributed by atoms with van der Waals surface area (Å²) >= 11 is 0. The van der Waals surface area contributed by atoms with Crippen molar-refractivity contribution in [2.45, 2.75) is 122 Å². The molecule has 2 aromatic rings. The number of aliphatic hydroxyl groups is 2. The molecule has 1 amide bonds. The topological polar surface area (TPSA) is 131 Å². The summed E-state index contributed by atoms with van der Waals surface area (Å²) in [6.07, 6.45) is -22.9. The molecule has 1 fully saturated rings. The lowest BCUT2D eigenvalue weighted by Crippen LogP contribution is -2.64. The van der Waals surface area contributed by atoms with Gasteiger partial charge in [-0.25, -0.2) is 4.79 Å². The Morgan fingerprint density at radius 2 is 1.12 bits per heavy atom. The Kier molecular flexibility index (Phi) is 15.3. The summed E-state index contributed by atoms with van der Waals surface area (Å²) in [5.74, 6) is -6.31. The summed E-state index contributed by atoms with van der Waals surface area (Å²) < 4.78 is 135. The van der Waals surface area contributed by atoms with Gasteiger partial charge in [-0.3, -0.25) is 9.59 Å². The Bertz CT molecular complexity index is 1710. The molecule has 2 aromatic carbocycles. The lowest BCUT2D eigenvalue weighted by Gasteiger charge is -2.47. The smallest absolute Gasteiger partial charge is 0.426 e. The number of halogens is 9. The number of esters is 2. The average molecular weight is 858 g/mol. The number of ether oxygens (including phenoxy) is 3. The second-order valence-electron chi connectivity index (χ2n) is 16.4. The van der Waals surface area contributed by atoms with Gasteiger partial charge in [0.1, 0.15) is 19.3 Å². The molecule has 0 radical (unpaired) electrons. The molecule has 0 aliphatic heterocycles. The largest absolute Gasteiger partial charge is 0.463 e. The van der Waals surface area contributed by atoms with E-state index in [2.05, 4.69) is 29.6 Å². The Labute approximate surface area is 337 Å². The zero-order chi connectivity index (χ0) is 45.0. The molecule has 0 aromatic heterocycles.